The summed E-state index contributed by atoms with van der Waals surface area (Å²) in [5.74, 6) is -0.443. The quantitative estimate of drug-likeness (QED) is 0.694. The van der Waals surface area contributed by atoms with Crippen LogP contribution in [0.1, 0.15) is 18.2 Å². The lowest BCUT2D eigenvalue weighted by molar-refractivity contribution is -0.123. The summed E-state index contributed by atoms with van der Waals surface area (Å²) in [4.78, 5) is 23.7. The summed E-state index contributed by atoms with van der Waals surface area (Å²) in [5, 5.41) is 0.878. The number of likely N-dealkylation sites (N-methyl/N-ethyl adjacent to an activating group) is 1. The van der Waals surface area contributed by atoms with Crippen molar-refractivity contribution in [2.45, 2.75) is 25.7 Å². The van der Waals surface area contributed by atoms with Gasteiger partial charge in [-0.05, 0) is 38.4 Å². The third kappa shape index (κ3) is 3.36. The van der Waals surface area contributed by atoms with Crippen molar-refractivity contribution in [3.63, 3.8) is 0 Å². The second-order valence-corrected chi connectivity index (χ2v) is 9.69. The van der Waals surface area contributed by atoms with E-state index in [9.17, 15) is 9.18 Å². The fourth-order valence-electron chi connectivity index (χ4n) is 4.23. The Balaban J connectivity index is 1.41. The average Bonchev–Trinajstić information content (AvgIpc) is 3.10. The van der Waals surface area contributed by atoms with Gasteiger partial charge in [0.1, 0.15) is 0 Å². The van der Waals surface area contributed by atoms with Crippen LogP contribution in [0.15, 0.2) is 48.6 Å². The van der Waals surface area contributed by atoms with Crippen molar-refractivity contribution in [3.05, 3.63) is 65.7 Å². The molecule has 30 heavy (non-hydrogen) atoms. The van der Waals surface area contributed by atoms with Crippen LogP contribution >= 0.6 is 8.58 Å². The van der Waals surface area contributed by atoms with Crippen molar-refractivity contribution in [1.29, 1.82) is 0 Å². The van der Waals surface area contributed by atoms with Crippen molar-refractivity contribution in [2.75, 3.05) is 26.7 Å². The summed E-state index contributed by atoms with van der Waals surface area (Å²) in [6, 6.07) is 1.97. The smallest absolute Gasteiger partial charge is 0.252 e. The molecule has 8 heteroatoms. The van der Waals surface area contributed by atoms with Gasteiger partial charge in [0.05, 0.1) is 17.2 Å². The zero-order chi connectivity index (χ0) is 21.0. The van der Waals surface area contributed by atoms with Crippen LogP contribution in [0.2, 0.25) is 0 Å². The molecule has 2 unspecified atom stereocenters. The predicted octanol–water partition coefficient (Wildman–Crippen LogP) is 3.02. The number of piperazine rings is 1. The molecule has 0 N–H and O–H groups in total. The first-order valence-electron chi connectivity index (χ1n) is 10.2. The van der Waals surface area contributed by atoms with E-state index in [2.05, 4.69) is 40.9 Å². The molecule has 0 aromatic carbocycles. The van der Waals surface area contributed by atoms with Gasteiger partial charge in [0.15, 0.2) is 11.5 Å². The van der Waals surface area contributed by atoms with Crippen LogP contribution in [0, 0.1) is 12.7 Å². The van der Waals surface area contributed by atoms with E-state index in [-0.39, 0.29) is 17.5 Å². The minimum absolute atomic E-state index is 0.0191. The molecule has 3 aliphatic heterocycles. The second-order valence-electron chi connectivity index (χ2n) is 8.27. The van der Waals surface area contributed by atoms with E-state index in [0.29, 0.717) is 20.3 Å². The molecule has 2 aromatic rings. The highest BCUT2D eigenvalue weighted by molar-refractivity contribution is 7.51. The number of halogens is 1. The lowest BCUT2D eigenvalue weighted by atomic mass is 10.1. The molecular formula is C22H25FN5OP. The fraction of sp³-hybridized carbons (Fsp3) is 0.364. The van der Waals surface area contributed by atoms with Gasteiger partial charge in [0, 0.05) is 55.9 Å². The number of rotatable bonds is 2. The van der Waals surface area contributed by atoms with Gasteiger partial charge >= 0.3 is 0 Å². The molecule has 2 aromatic heterocycles. The zero-order valence-corrected chi connectivity index (χ0v) is 18.3. The highest BCUT2D eigenvalue weighted by Gasteiger charge is 2.31. The molecule has 3 atom stereocenters. The number of pyridine rings is 1. The van der Waals surface area contributed by atoms with Crippen LogP contribution < -0.4 is 0 Å². The first-order valence-corrected chi connectivity index (χ1v) is 11.3. The Morgan fingerprint density at radius 2 is 2.10 bits per heavy atom. The summed E-state index contributed by atoms with van der Waals surface area (Å²) in [6.07, 6.45) is 11.5. The number of hydrogen-bond donors (Lipinski definition) is 0. The summed E-state index contributed by atoms with van der Waals surface area (Å²) in [6.45, 7) is 6.98. The topological polar surface area (TPSA) is 44.1 Å². The van der Waals surface area contributed by atoms with E-state index in [1.807, 2.05) is 24.2 Å². The standard InChI is InChI=1S/C22H25FN5OP/c1-14-10-27-12-16(8-18(23)22(27)24-14)19-9-20(29)28-13-17(4-5-21(28)30-19)26-7-6-25(3)15(2)11-26/h4-5,8-10,12-13,15,21,30H,6-7,11H2,1-3H3/t15-,21?/m0/s1. The van der Waals surface area contributed by atoms with Gasteiger partial charge in [-0.3, -0.25) is 4.79 Å². The molecule has 1 saturated heterocycles. The van der Waals surface area contributed by atoms with Gasteiger partial charge in [-0.15, -0.1) is 0 Å². The molecule has 156 valence electrons. The predicted molar refractivity (Wildman–Crippen MR) is 118 cm³/mol. The molecule has 0 aliphatic carbocycles. The van der Waals surface area contributed by atoms with Gasteiger partial charge in [0.25, 0.3) is 5.91 Å². The van der Waals surface area contributed by atoms with Crippen molar-refractivity contribution < 1.29 is 9.18 Å². The van der Waals surface area contributed by atoms with Crippen molar-refractivity contribution >= 4 is 25.4 Å². The molecule has 5 heterocycles. The van der Waals surface area contributed by atoms with Crippen LogP contribution in [-0.4, -0.2) is 68.5 Å². The van der Waals surface area contributed by atoms with Crippen LogP contribution in [0.3, 0.4) is 0 Å². The minimum Gasteiger partial charge on any atom is -0.368 e. The maximum absolute atomic E-state index is 14.5. The van der Waals surface area contributed by atoms with E-state index in [0.717, 1.165) is 41.9 Å². The molecule has 6 nitrogen and oxygen atoms in total. The first kappa shape index (κ1) is 19.5. The monoisotopic (exact) mass is 425 g/mol. The zero-order valence-electron chi connectivity index (χ0n) is 17.3. The SMILES string of the molecule is Cc1cn2cc(C3=CC(=O)N4C=C(N5CCN(C)[C@@H](C)C5)C=CC4P3)cc(F)c2n1. The third-order valence-electron chi connectivity index (χ3n) is 6.11. The Hall–Kier alpha value is -2.50. The number of carbonyl (C=O) groups is 1. The molecule has 1 amide bonds. The summed E-state index contributed by atoms with van der Waals surface area (Å²) < 4.78 is 16.2. The van der Waals surface area contributed by atoms with Gasteiger partial charge in [-0.25, -0.2) is 9.37 Å². The van der Waals surface area contributed by atoms with E-state index in [1.165, 1.54) is 6.07 Å². The molecule has 0 saturated carbocycles. The number of aromatic nitrogens is 2. The number of allylic oxidation sites excluding steroid dienone is 1. The Bertz CT molecular complexity index is 1120. The molecule has 0 spiro atoms. The summed E-state index contributed by atoms with van der Waals surface area (Å²) in [7, 11) is 2.51. The van der Waals surface area contributed by atoms with Gasteiger partial charge in [0.2, 0.25) is 0 Å². The first-order chi connectivity index (χ1) is 14.4. The van der Waals surface area contributed by atoms with Crippen LogP contribution in [-0.2, 0) is 4.79 Å². The number of aryl methyl sites for hydroxylation is 1. The third-order valence-corrected chi connectivity index (χ3v) is 7.62. The molecule has 1 fully saturated rings. The van der Waals surface area contributed by atoms with E-state index in [4.69, 9.17) is 0 Å². The maximum Gasteiger partial charge on any atom is 0.252 e. The number of amides is 1. The van der Waals surface area contributed by atoms with Gasteiger partial charge in [-0.2, -0.15) is 0 Å². The normalized spacial score (nSPS) is 25.7. The Kier molecular flexibility index (Phi) is 4.75. The fourth-order valence-corrected chi connectivity index (χ4v) is 5.59. The lowest BCUT2D eigenvalue weighted by Gasteiger charge is -2.42. The highest BCUT2D eigenvalue weighted by atomic mass is 31.1. The van der Waals surface area contributed by atoms with Crippen LogP contribution in [0.5, 0.6) is 0 Å². The van der Waals surface area contributed by atoms with Gasteiger partial charge < -0.3 is 19.1 Å². The molecular weight excluding hydrogens is 400 g/mol. The number of fused-ring (bicyclic) bond motifs is 2. The number of imidazole rings is 1. The average molecular weight is 425 g/mol. The Morgan fingerprint density at radius 1 is 1.27 bits per heavy atom. The second kappa shape index (κ2) is 7.33. The highest BCUT2D eigenvalue weighted by Crippen LogP contribution is 2.45. The number of carbonyl (C=O) groups excluding carboxylic acids is 1. The summed E-state index contributed by atoms with van der Waals surface area (Å²) >= 11 is 0. The Labute approximate surface area is 177 Å². The summed E-state index contributed by atoms with van der Waals surface area (Å²) in [5.41, 5.74) is 2.90. The van der Waals surface area contributed by atoms with Crippen LogP contribution in [0.25, 0.3) is 11.0 Å². The van der Waals surface area contributed by atoms with E-state index < -0.39 is 0 Å². The maximum atomic E-state index is 14.5. The largest absolute Gasteiger partial charge is 0.368 e. The lowest BCUT2D eigenvalue weighted by Crippen LogP contribution is -2.50. The van der Waals surface area contributed by atoms with Crippen LogP contribution in [0.4, 0.5) is 4.39 Å². The molecule has 0 bridgehead atoms. The van der Waals surface area contributed by atoms with Crippen molar-refractivity contribution in [1.82, 2.24) is 24.1 Å². The van der Waals surface area contributed by atoms with Gasteiger partial charge in [-0.1, -0.05) is 14.7 Å². The van der Waals surface area contributed by atoms with Crippen molar-refractivity contribution in [3.8, 4) is 0 Å². The minimum atomic E-state index is -0.369. The molecule has 0 radical (unpaired) electrons. The molecule has 5 rings (SSSR count). The van der Waals surface area contributed by atoms with Crippen molar-refractivity contribution in [2.24, 2.45) is 0 Å². The molecule has 3 aliphatic rings. The Morgan fingerprint density at radius 3 is 2.90 bits per heavy atom. The van der Waals surface area contributed by atoms with E-state index >= 15 is 0 Å². The number of hydrogen-bond acceptors (Lipinski definition) is 4. The van der Waals surface area contributed by atoms with E-state index in [1.54, 1.807) is 16.7 Å². The number of nitrogens with zero attached hydrogens (tertiary/aromatic N) is 5.